The average molecular weight is 456 g/mol. The summed E-state index contributed by atoms with van der Waals surface area (Å²) < 4.78 is 0. The fourth-order valence-corrected chi connectivity index (χ4v) is 4.34. The molecular formula is C24H23Cl2N3O2. The lowest BCUT2D eigenvalue weighted by Crippen LogP contribution is -2.54. The van der Waals surface area contributed by atoms with Gasteiger partial charge in [-0.05, 0) is 42.0 Å². The number of nitrogens with one attached hydrogen (secondary N) is 1. The zero-order valence-corrected chi connectivity index (χ0v) is 18.7. The number of benzene rings is 3. The van der Waals surface area contributed by atoms with Gasteiger partial charge in [0.05, 0.1) is 16.8 Å². The molecule has 1 unspecified atom stereocenters. The van der Waals surface area contributed by atoms with Gasteiger partial charge >= 0.3 is 0 Å². The molecule has 1 fully saturated rings. The number of anilines is 1. The summed E-state index contributed by atoms with van der Waals surface area (Å²) in [5.74, 6) is -0.112. The van der Waals surface area contributed by atoms with Crippen molar-refractivity contribution in [1.82, 2.24) is 9.80 Å². The molecule has 1 saturated heterocycles. The molecule has 160 valence electrons. The van der Waals surface area contributed by atoms with E-state index in [1.165, 1.54) is 0 Å². The minimum absolute atomic E-state index is 0.0292. The second-order valence-electron chi connectivity index (χ2n) is 7.64. The third-order valence-electron chi connectivity index (χ3n) is 5.74. The monoisotopic (exact) mass is 455 g/mol. The summed E-state index contributed by atoms with van der Waals surface area (Å²) in [6, 6.07) is 18.3. The van der Waals surface area contributed by atoms with Crippen LogP contribution in [0.2, 0.25) is 10.0 Å². The van der Waals surface area contributed by atoms with E-state index in [1.807, 2.05) is 54.3 Å². The van der Waals surface area contributed by atoms with Crippen molar-refractivity contribution < 1.29 is 9.59 Å². The largest absolute Gasteiger partial charge is 0.336 e. The number of carbonyl (C=O) groups is 2. The Balaban J connectivity index is 1.38. The van der Waals surface area contributed by atoms with Crippen molar-refractivity contribution in [2.45, 2.75) is 13.0 Å². The molecule has 1 heterocycles. The molecule has 1 aliphatic heterocycles. The standard InChI is InChI=1S/C24H23Cl2N3O2/c1-16(23(30)27-22-10-9-18(25)15-21(22)26)28-11-13-29(14-12-28)24(31)20-8-4-6-17-5-2-3-7-19(17)20/h2-10,15-16H,11-14H2,1H3,(H,27,30). The fourth-order valence-electron chi connectivity index (χ4n) is 3.89. The Hall–Kier alpha value is -2.60. The van der Waals surface area contributed by atoms with Gasteiger partial charge in [0.15, 0.2) is 0 Å². The van der Waals surface area contributed by atoms with Gasteiger partial charge in [0.25, 0.3) is 5.91 Å². The van der Waals surface area contributed by atoms with E-state index in [-0.39, 0.29) is 17.9 Å². The Morgan fingerprint density at radius 2 is 1.65 bits per heavy atom. The van der Waals surface area contributed by atoms with Gasteiger partial charge in [0.1, 0.15) is 0 Å². The minimum atomic E-state index is -0.346. The number of amides is 2. The van der Waals surface area contributed by atoms with Crippen LogP contribution in [0.1, 0.15) is 17.3 Å². The summed E-state index contributed by atoms with van der Waals surface area (Å²) in [6.07, 6.45) is 0. The van der Waals surface area contributed by atoms with Gasteiger partial charge in [-0.3, -0.25) is 14.5 Å². The Morgan fingerprint density at radius 3 is 2.39 bits per heavy atom. The highest BCUT2D eigenvalue weighted by Gasteiger charge is 2.28. The summed E-state index contributed by atoms with van der Waals surface area (Å²) in [6.45, 7) is 4.25. The normalized spacial score (nSPS) is 15.6. The van der Waals surface area contributed by atoms with Crippen molar-refractivity contribution in [3.8, 4) is 0 Å². The van der Waals surface area contributed by atoms with E-state index in [2.05, 4.69) is 10.2 Å². The van der Waals surface area contributed by atoms with Crippen LogP contribution in [0.4, 0.5) is 5.69 Å². The molecule has 0 bridgehead atoms. The molecule has 3 aromatic carbocycles. The van der Waals surface area contributed by atoms with E-state index < -0.39 is 0 Å². The van der Waals surface area contributed by atoms with Crippen molar-refractivity contribution >= 4 is 51.5 Å². The topological polar surface area (TPSA) is 52.7 Å². The van der Waals surface area contributed by atoms with Gasteiger partial charge in [-0.1, -0.05) is 59.6 Å². The summed E-state index contributed by atoms with van der Waals surface area (Å²) >= 11 is 12.1. The van der Waals surface area contributed by atoms with E-state index in [0.717, 1.165) is 16.3 Å². The molecule has 31 heavy (non-hydrogen) atoms. The molecule has 5 nitrogen and oxygen atoms in total. The van der Waals surface area contributed by atoms with Crippen LogP contribution in [0.15, 0.2) is 60.7 Å². The van der Waals surface area contributed by atoms with Crippen molar-refractivity contribution in [1.29, 1.82) is 0 Å². The van der Waals surface area contributed by atoms with Crippen LogP contribution in [-0.4, -0.2) is 53.8 Å². The van der Waals surface area contributed by atoms with Gasteiger partial charge in [0.2, 0.25) is 5.91 Å². The number of hydrogen-bond donors (Lipinski definition) is 1. The maximum Gasteiger partial charge on any atom is 0.254 e. The zero-order chi connectivity index (χ0) is 22.0. The third kappa shape index (κ3) is 4.69. The molecule has 0 aliphatic carbocycles. The second-order valence-corrected chi connectivity index (χ2v) is 8.49. The molecule has 1 N–H and O–H groups in total. The highest BCUT2D eigenvalue weighted by molar-refractivity contribution is 6.36. The van der Waals surface area contributed by atoms with Crippen LogP contribution < -0.4 is 5.32 Å². The van der Waals surface area contributed by atoms with Crippen molar-refractivity contribution in [3.63, 3.8) is 0 Å². The SMILES string of the molecule is CC(C(=O)Nc1ccc(Cl)cc1Cl)N1CCN(C(=O)c2cccc3ccccc23)CC1. The quantitative estimate of drug-likeness (QED) is 0.606. The number of carbonyl (C=O) groups excluding carboxylic acids is 2. The Labute approximate surface area is 191 Å². The van der Waals surface area contributed by atoms with E-state index in [1.54, 1.807) is 18.2 Å². The van der Waals surface area contributed by atoms with Gasteiger partial charge in [-0.2, -0.15) is 0 Å². The number of nitrogens with zero attached hydrogens (tertiary/aromatic N) is 2. The van der Waals surface area contributed by atoms with Crippen molar-refractivity contribution in [2.75, 3.05) is 31.5 Å². The first-order chi connectivity index (χ1) is 14.9. The maximum atomic E-state index is 13.1. The van der Waals surface area contributed by atoms with E-state index in [0.29, 0.717) is 41.9 Å². The summed E-state index contributed by atoms with van der Waals surface area (Å²) in [4.78, 5) is 29.8. The van der Waals surface area contributed by atoms with Gasteiger partial charge in [0, 0.05) is 36.8 Å². The number of halogens is 2. The van der Waals surface area contributed by atoms with E-state index in [4.69, 9.17) is 23.2 Å². The van der Waals surface area contributed by atoms with Crippen molar-refractivity contribution in [3.05, 3.63) is 76.3 Å². The number of rotatable bonds is 4. The van der Waals surface area contributed by atoms with Gasteiger partial charge in [-0.25, -0.2) is 0 Å². The van der Waals surface area contributed by atoms with Crippen LogP contribution in [0.3, 0.4) is 0 Å². The average Bonchev–Trinajstić information content (AvgIpc) is 2.79. The summed E-state index contributed by atoms with van der Waals surface area (Å²) in [5.41, 5.74) is 1.25. The molecule has 3 aromatic rings. The number of fused-ring (bicyclic) bond motifs is 1. The summed E-state index contributed by atoms with van der Waals surface area (Å²) in [7, 11) is 0. The molecular weight excluding hydrogens is 433 g/mol. The second kappa shape index (κ2) is 9.27. The maximum absolute atomic E-state index is 13.1. The van der Waals surface area contributed by atoms with E-state index in [9.17, 15) is 9.59 Å². The minimum Gasteiger partial charge on any atom is -0.336 e. The van der Waals surface area contributed by atoms with Gasteiger partial charge < -0.3 is 10.2 Å². The molecule has 2 amide bonds. The molecule has 7 heteroatoms. The molecule has 4 rings (SSSR count). The molecule has 0 spiro atoms. The smallest absolute Gasteiger partial charge is 0.254 e. The molecule has 0 saturated carbocycles. The first-order valence-corrected chi connectivity index (χ1v) is 11.0. The fraction of sp³-hybridized carbons (Fsp3) is 0.250. The lowest BCUT2D eigenvalue weighted by Gasteiger charge is -2.37. The Morgan fingerprint density at radius 1 is 0.935 bits per heavy atom. The van der Waals surface area contributed by atoms with Crippen LogP contribution in [-0.2, 0) is 4.79 Å². The summed E-state index contributed by atoms with van der Waals surface area (Å²) in [5, 5.41) is 5.80. The Bertz CT molecular complexity index is 1120. The lowest BCUT2D eigenvalue weighted by atomic mass is 10.0. The molecule has 1 aliphatic rings. The lowest BCUT2D eigenvalue weighted by molar-refractivity contribution is -0.121. The number of hydrogen-bond acceptors (Lipinski definition) is 3. The predicted molar refractivity (Wildman–Crippen MR) is 126 cm³/mol. The Kier molecular flexibility index (Phi) is 6.46. The molecule has 0 aromatic heterocycles. The first-order valence-electron chi connectivity index (χ1n) is 10.2. The van der Waals surface area contributed by atoms with Crippen molar-refractivity contribution in [2.24, 2.45) is 0 Å². The van der Waals surface area contributed by atoms with E-state index >= 15 is 0 Å². The van der Waals surface area contributed by atoms with Gasteiger partial charge in [-0.15, -0.1) is 0 Å². The molecule has 0 radical (unpaired) electrons. The molecule has 1 atom stereocenters. The first kappa shape index (κ1) is 21.6. The predicted octanol–water partition coefficient (Wildman–Crippen LogP) is 4.93. The third-order valence-corrected chi connectivity index (χ3v) is 6.29. The number of piperazine rings is 1. The van der Waals surface area contributed by atoms with Crippen LogP contribution >= 0.6 is 23.2 Å². The highest BCUT2D eigenvalue weighted by atomic mass is 35.5. The van der Waals surface area contributed by atoms with Crippen LogP contribution in [0.5, 0.6) is 0 Å². The van der Waals surface area contributed by atoms with Crippen LogP contribution in [0, 0.1) is 0 Å². The van der Waals surface area contributed by atoms with Crippen LogP contribution in [0.25, 0.3) is 10.8 Å². The zero-order valence-electron chi connectivity index (χ0n) is 17.1. The highest BCUT2D eigenvalue weighted by Crippen LogP contribution is 2.26.